The fourth-order valence-corrected chi connectivity index (χ4v) is 0.960. The molecule has 0 aliphatic rings. The van der Waals surface area contributed by atoms with E-state index >= 15 is 0 Å². The molecule has 0 fully saturated rings. The summed E-state index contributed by atoms with van der Waals surface area (Å²) in [6, 6.07) is 0. The van der Waals surface area contributed by atoms with Crippen molar-refractivity contribution in [3.63, 3.8) is 0 Å². The average Bonchev–Trinajstić information content (AvgIpc) is 2.52. The molecule has 1 aromatic rings. The molecule has 0 radical (unpaired) electrons. The maximum Gasteiger partial charge on any atom is 0.0868 e. The Morgan fingerprint density at radius 1 is 1.75 bits per heavy atom. The van der Waals surface area contributed by atoms with E-state index in [1.807, 2.05) is 10.9 Å². The third kappa shape index (κ3) is 1.84. The largest absolute Gasteiger partial charge is 0.411 e. The van der Waals surface area contributed by atoms with Gasteiger partial charge in [-0.15, -0.1) is 0 Å². The summed E-state index contributed by atoms with van der Waals surface area (Å²) in [5.41, 5.74) is 1.46. The second-order valence-electron chi connectivity index (χ2n) is 2.68. The molecule has 1 aromatic heterocycles. The van der Waals surface area contributed by atoms with Gasteiger partial charge >= 0.3 is 0 Å². The fraction of sp³-hybridized carbons (Fsp3) is 0.500. The molecule has 0 saturated carbocycles. The maximum absolute atomic E-state index is 8.48. The van der Waals surface area contributed by atoms with Gasteiger partial charge in [-0.2, -0.15) is 5.10 Å². The van der Waals surface area contributed by atoms with Crippen LogP contribution in [0.2, 0.25) is 0 Å². The highest BCUT2D eigenvalue weighted by molar-refractivity contribution is 5.97. The Balaban J connectivity index is 2.77. The van der Waals surface area contributed by atoms with Crippen LogP contribution in [0.25, 0.3) is 0 Å². The fourth-order valence-electron chi connectivity index (χ4n) is 0.960. The lowest BCUT2D eigenvalue weighted by Crippen LogP contribution is -1.96. The van der Waals surface area contributed by atoms with Crippen LogP contribution in [0, 0.1) is 0 Å². The number of oxime groups is 1. The lowest BCUT2D eigenvalue weighted by Gasteiger charge is -1.94. The van der Waals surface area contributed by atoms with Crippen LogP contribution in [0.5, 0.6) is 0 Å². The molecular formula is C8H13N3O. The van der Waals surface area contributed by atoms with E-state index in [-0.39, 0.29) is 0 Å². The summed E-state index contributed by atoms with van der Waals surface area (Å²) in [7, 11) is 0. The van der Waals surface area contributed by atoms with Crippen LogP contribution in [0.15, 0.2) is 17.5 Å². The standard InChI is InChI=1S/C8H13N3O/c1-3-4-11-6-8(5-9-11)7(2)10-12/h5-6,12H,3-4H2,1-2H3/b10-7-. The predicted octanol–water partition coefficient (Wildman–Crippen LogP) is 1.49. The molecule has 0 aromatic carbocycles. The number of rotatable bonds is 3. The minimum absolute atomic E-state index is 0.595. The quantitative estimate of drug-likeness (QED) is 0.421. The summed E-state index contributed by atoms with van der Waals surface area (Å²) >= 11 is 0. The number of hydrogen-bond acceptors (Lipinski definition) is 3. The van der Waals surface area contributed by atoms with Gasteiger partial charge in [0.1, 0.15) is 0 Å². The molecule has 4 heteroatoms. The summed E-state index contributed by atoms with van der Waals surface area (Å²) in [6.07, 6.45) is 4.62. The molecule has 1 heterocycles. The zero-order chi connectivity index (χ0) is 8.97. The number of hydrogen-bond donors (Lipinski definition) is 1. The number of aromatic nitrogens is 2. The molecule has 1 rings (SSSR count). The summed E-state index contributed by atoms with van der Waals surface area (Å²) in [4.78, 5) is 0. The monoisotopic (exact) mass is 167 g/mol. The first-order valence-electron chi connectivity index (χ1n) is 3.99. The van der Waals surface area contributed by atoms with Crippen molar-refractivity contribution < 1.29 is 5.21 Å². The Bertz CT molecular complexity index is 278. The molecule has 0 saturated heterocycles. The van der Waals surface area contributed by atoms with Gasteiger partial charge in [0.05, 0.1) is 11.9 Å². The normalized spacial score (nSPS) is 12.0. The van der Waals surface area contributed by atoms with E-state index in [0.29, 0.717) is 5.71 Å². The van der Waals surface area contributed by atoms with E-state index < -0.39 is 0 Å². The molecule has 0 unspecified atom stereocenters. The molecule has 0 aliphatic carbocycles. The number of aryl methyl sites for hydroxylation is 1. The molecule has 1 N–H and O–H groups in total. The van der Waals surface area contributed by atoms with Crippen molar-refractivity contribution in [2.24, 2.45) is 5.16 Å². The van der Waals surface area contributed by atoms with Crippen LogP contribution in [-0.2, 0) is 6.54 Å². The molecule has 0 aliphatic heterocycles. The number of nitrogens with zero attached hydrogens (tertiary/aromatic N) is 3. The van der Waals surface area contributed by atoms with Crippen molar-refractivity contribution in [1.82, 2.24) is 9.78 Å². The maximum atomic E-state index is 8.48. The molecule has 0 bridgehead atoms. The van der Waals surface area contributed by atoms with Crippen molar-refractivity contribution >= 4 is 5.71 Å². The van der Waals surface area contributed by atoms with E-state index in [0.717, 1.165) is 18.5 Å². The second kappa shape index (κ2) is 3.90. The van der Waals surface area contributed by atoms with Crippen LogP contribution < -0.4 is 0 Å². The van der Waals surface area contributed by atoms with Crippen LogP contribution >= 0.6 is 0 Å². The highest BCUT2D eigenvalue weighted by Crippen LogP contribution is 2.00. The van der Waals surface area contributed by atoms with E-state index in [9.17, 15) is 0 Å². The molecule has 0 atom stereocenters. The van der Waals surface area contributed by atoms with Crippen LogP contribution in [-0.4, -0.2) is 20.7 Å². The van der Waals surface area contributed by atoms with Gasteiger partial charge in [-0.1, -0.05) is 12.1 Å². The van der Waals surface area contributed by atoms with E-state index in [1.54, 1.807) is 13.1 Å². The Kier molecular flexibility index (Phi) is 2.85. The second-order valence-corrected chi connectivity index (χ2v) is 2.68. The topological polar surface area (TPSA) is 50.4 Å². The van der Waals surface area contributed by atoms with Crippen LogP contribution in [0.1, 0.15) is 25.8 Å². The van der Waals surface area contributed by atoms with Crippen molar-refractivity contribution in [3.8, 4) is 0 Å². The minimum atomic E-state index is 0.595. The lowest BCUT2D eigenvalue weighted by molar-refractivity contribution is 0.319. The van der Waals surface area contributed by atoms with Gasteiger partial charge in [-0.25, -0.2) is 0 Å². The average molecular weight is 167 g/mol. The molecule has 12 heavy (non-hydrogen) atoms. The minimum Gasteiger partial charge on any atom is -0.411 e. The lowest BCUT2D eigenvalue weighted by atomic mass is 10.2. The molecule has 0 amide bonds. The Hall–Kier alpha value is -1.32. The summed E-state index contributed by atoms with van der Waals surface area (Å²) in [5.74, 6) is 0. The van der Waals surface area contributed by atoms with Gasteiger partial charge in [0.2, 0.25) is 0 Å². The summed E-state index contributed by atoms with van der Waals surface area (Å²) in [5, 5.41) is 15.7. The van der Waals surface area contributed by atoms with Crippen LogP contribution in [0.4, 0.5) is 0 Å². The third-order valence-electron chi connectivity index (χ3n) is 1.65. The third-order valence-corrected chi connectivity index (χ3v) is 1.65. The molecular weight excluding hydrogens is 154 g/mol. The van der Waals surface area contributed by atoms with E-state index in [4.69, 9.17) is 5.21 Å². The SMILES string of the molecule is CCCn1cc(/C(C)=N\O)cn1. The first kappa shape index (κ1) is 8.77. The highest BCUT2D eigenvalue weighted by atomic mass is 16.4. The van der Waals surface area contributed by atoms with Gasteiger partial charge in [-0.05, 0) is 13.3 Å². The Morgan fingerprint density at radius 2 is 2.50 bits per heavy atom. The molecule has 66 valence electrons. The molecule has 4 nitrogen and oxygen atoms in total. The zero-order valence-corrected chi connectivity index (χ0v) is 7.36. The van der Waals surface area contributed by atoms with Crippen molar-refractivity contribution in [2.75, 3.05) is 0 Å². The van der Waals surface area contributed by atoms with Crippen LogP contribution in [0.3, 0.4) is 0 Å². The Labute approximate surface area is 71.5 Å². The van der Waals surface area contributed by atoms with Crippen molar-refractivity contribution in [3.05, 3.63) is 18.0 Å². The zero-order valence-electron chi connectivity index (χ0n) is 7.36. The first-order valence-corrected chi connectivity index (χ1v) is 3.99. The van der Waals surface area contributed by atoms with E-state index in [2.05, 4.69) is 17.2 Å². The molecule has 0 spiro atoms. The van der Waals surface area contributed by atoms with Gasteiger partial charge in [-0.3, -0.25) is 4.68 Å². The highest BCUT2D eigenvalue weighted by Gasteiger charge is 2.00. The van der Waals surface area contributed by atoms with E-state index in [1.165, 1.54) is 0 Å². The van der Waals surface area contributed by atoms with Crippen molar-refractivity contribution in [2.45, 2.75) is 26.8 Å². The van der Waals surface area contributed by atoms with Crippen molar-refractivity contribution in [1.29, 1.82) is 0 Å². The van der Waals surface area contributed by atoms with Gasteiger partial charge in [0, 0.05) is 18.3 Å². The van der Waals surface area contributed by atoms with Gasteiger partial charge in [0.25, 0.3) is 0 Å². The summed E-state index contributed by atoms with van der Waals surface area (Å²) < 4.78 is 1.84. The predicted molar refractivity (Wildman–Crippen MR) is 46.5 cm³/mol. The first-order chi connectivity index (χ1) is 5.77. The summed E-state index contributed by atoms with van der Waals surface area (Å²) in [6.45, 7) is 4.74. The smallest absolute Gasteiger partial charge is 0.0868 e. The Morgan fingerprint density at radius 3 is 3.08 bits per heavy atom. The van der Waals surface area contributed by atoms with Gasteiger partial charge in [0.15, 0.2) is 0 Å². The van der Waals surface area contributed by atoms with Gasteiger partial charge < -0.3 is 5.21 Å².